The molecule has 1 fully saturated rings. The second-order valence-electron chi connectivity index (χ2n) is 6.33. The van der Waals surface area contributed by atoms with Crippen LogP contribution in [0.5, 0.6) is 0 Å². The van der Waals surface area contributed by atoms with Crippen LogP contribution in [-0.2, 0) is 0 Å². The molecule has 3 atom stereocenters. The second-order valence-corrected chi connectivity index (χ2v) is 7.54. The van der Waals surface area contributed by atoms with E-state index in [1.807, 2.05) is 0 Å². The number of aryl methyl sites for hydroxylation is 2. The van der Waals surface area contributed by atoms with E-state index in [-0.39, 0.29) is 0 Å². The molecule has 3 rings (SSSR count). The Labute approximate surface area is 124 Å². The number of nitrogens with zero attached hydrogens (tertiary/aromatic N) is 2. The van der Waals surface area contributed by atoms with Crippen molar-refractivity contribution in [3.63, 3.8) is 0 Å². The maximum atomic E-state index is 4.51. The fourth-order valence-electron chi connectivity index (χ4n) is 3.35. The molecule has 3 nitrogen and oxygen atoms in total. The largest absolute Gasteiger partial charge is 0.366 e. The summed E-state index contributed by atoms with van der Waals surface area (Å²) in [5.41, 5.74) is 1.32. The van der Waals surface area contributed by atoms with Crippen LogP contribution in [0.4, 0.5) is 5.82 Å². The van der Waals surface area contributed by atoms with Gasteiger partial charge in [-0.3, -0.25) is 0 Å². The Kier molecular flexibility index (Phi) is 3.67. The first-order chi connectivity index (χ1) is 9.56. The van der Waals surface area contributed by atoms with E-state index in [1.54, 1.807) is 17.7 Å². The molecule has 1 aliphatic carbocycles. The summed E-state index contributed by atoms with van der Waals surface area (Å²) in [4.78, 5) is 11.4. The molecule has 0 amide bonds. The summed E-state index contributed by atoms with van der Waals surface area (Å²) in [6.45, 7) is 9.06. The first-order valence-electron chi connectivity index (χ1n) is 7.53. The predicted octanol–water partition coefficient (Wildman–Crippen LogP) is 4.54. The van der Waals surface area contributed by atoms with Gasteiger partial charge in [-0.05, 0) is 50.5 Å². The van der Waals surface area contributed by atoms with Gasteiger partial charge in [0.1, 0.15) is 17.0 Å². The van der Waals surface area contributed by atoms with Crippen molar-refractivity contribution in [2.24, 2.45) is 11.8 Å². The third-order valence-corrected chi connectivity index (χ3v) is 5.83. The molecule has 3 unspecified atom stereocenters. The van der Waals surface area contributed by atoms with E-state index in [9.17, 15) is 0 Å². The Bertz CT molecular complexity index is 619. The SMILES string of the molecule is Cc1sc2ncnc(NC3CCC(C)CC3C)c2c1C. The van der Waals surface area contributed by atoms with Crippen LogP contribution >= 0.6 is 11.3 Å². The Morgan fingerprint density at radius 3 is 2.75 bits per heavy atom. The molecule has 2 heterocycles. The zero-order chi connectivity index (χ0) is 14.3. The molecule has 0 spiro atoms. The summed E-state index contributed by atoms with van der Waals surface area (Å²) in [6.07, 6.45) is 5.57. The van der Waals surface area contributed by atoms with Crippen LogP contribution in [0.15, 0.2) is 6.33 Å². The molecule has 20 heavy (non-hydrogen) atoms. The van der Waals surface area contributed by atoms with Crippen molar-refractivity contribution in [3.8, 4) is 0 Å². The molecule has 1 N–H and O–H groups in total. The second kappa shape index (κ2) is 5.32. The lowest BCUT2D eigenvalue weighted by Crippen LogP contribution is -2.33. The van der Waals surface area contributed by atoms with E-state index < -0.39 is 0 Å². The minimum absolute atomic E-state index is 0.545. The third kappa shape index (κ3) is 2.41. The summed E-state index contributed by atoms with van der Waals surface area (Å²) in [5, 5.41) is 4.93. The number of nitrogens with one attached hydrogen (secondary N) is 1. The summed E-state index contributed by atoms with van der Waals surface area (Å²) >= 11 is 1.77. The van der Waals surface area contributed by atoms with Gasteiger partial charge in [-0.1, -0.05) is 13.8 Å². The maximum absolute atomic E-state index is 4.51. The van der Waals surface area contributed by atoms with E-state index in [2.05, 4.69) is 43.0 Å². The molecule has 1 aliphatic rings. The van der Waals surface area contributed by atoms with Crippen molar-refractivity contribution in [3.05, 3.63) is 16.8 Å². The number of hydrogen-bond acceptors (Lipinski definition) is 4. The molecule has 2 aromatic heterocycles. The van der Waals surface area contributed by atoms with Gasteiger partial charge in [0.25, 0.3) is 0 Å². The van der Waals surface area contributed by atoms with Gasteiger partial charge in [0.2, 0.25) is 0 Å². The quantitative estimate of drug-likeness (QED) is 0.881. The third-order valence-electron chi connectivity index (χ3n) is 4.72. The Hall–Kier alpha value is -1.16. The topological polar surface area (TPSA) is 37.8 Å². The standard InChI is InChI=1S/C16H23N3S/c1-9-5-6-13(10(2)7-9)19-15-14-11(3)12(4)20-16(14)18-8-17-15/h8-10,13H,5-7H2,1-4H3,(H,17,18,19). The lowest BCUT2D eigenvalue weighted by Gasteiger charge is -2.33. The summed E-state index contributed by atoms with van der Waals surface area (Å²) in [5.74, 6) is 2.60. The first-order valence-corrected chi connectivity index (χ1v) is 8.35. The van der Waals surface area contributed by atoms with Crippen molar-refractivity contribution in [1.82, 2.24) is 9.97 Å². The van der Waals surface area contributed by atoms with Crippen molar-refractivity contribution in [1.29, 1.82) is 0 Å². The number of anilines is 1. The van der Waals surface area contributed by atoms with Crippen LogP contribution in [0.1, 0.15) is 43.6 Å². The van der Waals surface area contributed by atoms with Crippen molar-refractivity contribution in [2.75, 3.05) is 5.32 Å². The minimum Gasteiger partial charge on any atom is -0.366 e. The summed E-state index contributed by atoms with van der Waals surface area (Å²) in [6, 6.07) is 0.545. The van der Waals surface area contributed by atoms with Crippen molar-refractivity contribution in [2.45, 2.75) is 53.0 Å². The van der Waals surface area contributed by atoms with Crippen molar-refractivity contribution < 1.29 is 0 Å². The average molecular weight is 289 g/mol. The van der Waals surface area contributed by atoms with Gasteiger partial charge < -0.3 is 5.32 Å². The maximum Gasteiger partial charge on any atom is 0.138 e. The number of thiophene rings is 1. The van der Waals surface area contributed by atoms with Crippen LogP contribution in [-0.4, -0.2) is 16.0 Å². The van der Waals surface area contributed by atoms with Gasteiger partial charge in [0.05, 0.1) is 5.39 Å². The highest BCUT2D eigenvalue weighted by Gasteiger charge is 2.26. The summed E-state index contributed by atoms with van der Waals surface area (Å²) < 4.78 is 0. The lowest BCUT2D eigenvalue weighted by molar-refractivity contribution is 0.276. The van der Waals surface area contributed by atoms with Gasteiger partial charge in [-0.2, -0.15) is 0 Å². The number of hydrogen-bond donors (Lipinski definition) is 1. The molecule has 0 aliphatic heterocycles. The molecule has 0 saturated heterocycles. The van der Waals surface area contributed by atoms with E-state index in [0.29, 0.717) is 12.0 Å². The van der Waals surface area contributed by atoms with E-state index in [4.69, 9.17) is 0 Å². The molecule has 4 heteroatoms. The Morgan fingerprint density at radius 1 is 1.20 bits per heavy atom. The smallest absolute Gasteiger partial charge is 0.138 e. The number of fused-ring (bicyclic) bond motifs is 1. The van der Waals surface area contributed by atoms with Gasteiger partial charge in [-0.25, -0.2) is 9.97 Å². The van der Waals surface area contributed by atoms with E-state index in [0.717, 1.165) is 16.6 Å². The number of aromatic nitrogens is 2. The van der Waals surface area contributed by atoms with Gasteiger partial charge >= 0.3 is 0 Å². The van der Waals surface area contributed by atoms with Crippen LogP contribution in [0, 0.1) is 25.7 Å². The fraction of sp³-hybridized carbons (Fsp3) is 0.625. The lowest BCUT2D eigenvalue weighted by atomic mass is 9.80. The number of rotatable bonds is 2. The monoisotopic (exact) mass is 289 g/mol. The normalized spacial score (nSPS) is 26.9. The molecular formula is C16H23N3S. The van der Waals surface area contributed by atoms with E-state index >= 15 is 0 Å². The Morgan fingerprint density at radius 2 is 2.00 bits per heavy atom. The summed E-state index contributed by atoms with van der Waals surface area (Å²) in [7, 11) is 0. The molecule has 0 bridgehead atoms. The first kappa shape index (κ1) is 13.8. The van der Waals surface area contributed by atoms with Gasteiger partial charge in [-0.15, -0.1) is 11.3 Å². The molecule has 108 valence electrons. The van der Waals surface area contributed by atoms with Gasteiger partial charge in [0.15, 0.2) is 0 Å². The minimum atomic E-state index is 0.545. The fourth-order valence-corrected chi connectivity index (χ4v) is 4.34. The molecule has 2 aromatic rings. The molecule has 0 radical (unpaired) electrons. The molecular weight excluding hydrogens is 266 g/mol. The van der Waals surface area contributed by atoms with Gasteiger partial charge in [0, 0.05) is 10.9 Å². The predicted molar refractivity (Wildman–Crippen MR) is 86.5 cm³/mol. The highest BCUT2D eigenvalue weighted by Crippen LogP contribution is 2.35. The zero-order valence-corrected chi connectivity index (χ0v) is 13.5. The molecule has 0 aromatic carbocycles. The van der Waals surface area contributed by atoms with Crippen LogP contribution < -0.4 is 5.32 Å². The average Bonchev–Trinajstić information content (AvgIpc) is 2.69. The van der Waals surface area contributed by atoms with Crippen molar-refractivity contribution >= 4 is 27.4 Å². The Balaban J connectivity index is 1.91. The zero-order valence-electron chi connectivity index (χ0n) is 12.7. The highest BCUT2D eigenvalue weighted by molar-refractivity contribution is 7.18. The van der Waals surface area contributed by atoms with Crippen LogP contribution in [0.25, 0.3) is 10.2 Å². The van der Waals surface area contributed by atoms with Crippen LogP contribution in [0.2, 0.25) is 0 Å². The highest BCUT2D eigenvalue weighted by atomic mass is 32.1. The van der Waals surface area contributed by atoms with E-state index in [1.165, 1.54) is 35.1 Å². The molecule has 1 saturated carbocycles. The van der Waals surface area contributed by atoms with Crippen LogP contribution in [0.3, 0.4) is 0 Å².